The predicted molar refractivity (Wildman–Crippen MR) is 114 cm³/mol. The molecule has 1 aromatic heterocycles. The number of benzene rings is 1. The molecule has 0 saturated carbocycles. The quantitative estimate of drug-likeness (QED) is 0.776. The van der Waals surface area contributed by atoms with Crippen molar-refractivity contribution in [2.75, 3.05) is 19.6 Å². The van der Waals surface area contributed by atoms with E-state index in [0.717, 1.165) is 6.20 Å². The topological polar surface area (TPSA) is 96.6 Å². The molecule has 7 nitrogen and oxygen atoms in total. The largest absolute Gasteiger partial charge is 0.340 e. The van der Waals surface area contributed by atoms with Gasteiger partial charge in [0, 0.05) is 42.6 Å². The summed E-state index contributed by atoms with van der Waals surface area (Å²) in [6.45, 7) is 6.71. The summed E-state index contributed by atoms with van der Waals surface area (Å²) in [7, 11) is -3.98. The van der Waals surface area contributed by atoms with Gasteiger partial charge >= 0.3 is 0 Å². The first-order valence-corrected chi connectivity index (χ1v) is 11.7. The summed E-state index contributed by atoms with van der Waals surface area (Å²) >= 11 is 0. The summed E-state index contributed by atoms with van der Waals surface area (Å²) < 4.78 is 42.8. The molecular weight excluding hydrogens is 407 g/mol. The zero-order valence-corrected chi connectivity index (χ0v) is 18.4. The highest BCUT2D eigenvalue weighted by Gasteiger charge is 2.35. The smallest absolute Gasteiger partial charge is 0.244 e. The highest BCUT2D eigenvalue weighted by Crippen LogP contribution is 2.29. The minimum atomic E-state index is -3.98. The number of amides is 1. The van der Waals surface area contributed by atoms with Gasteiger partial charge in [-0.3, -0.25) is 9.78 Å². The maximum Gasteiger partial charge on any atom is 0.244 e. The zero-order valence-electron chi connectivity index (χ0n) is 17.6. The summed E-state index contributed by atoms with van der Waals surface area (Å²) in [6.07, 6.45) is 3.52. The average molecular weight is 437 g/mol. The van der Waals surface area contributed by atoms with Crippen LogP contribution in [0.3, 0.4) is 0 Å². The molecule has 1 aromatic carbocycles. The number of carbonyl (C=O) groups excluding carboxylic acids is 1. The Morgan fingerprint density at radius 3 is 2.73 bits per heavy atom. The van der Waals surface area contributed by atoms with E-state index in [1.165, 1.54) is 16.6 Å². The van der Waals surface area contributed by atoms with Gasteiger partial charge in [-0.05, 0) is 31.7 Å². The maximum atomic E-state index is 14.5. The van der Waals surface area contributed by atoms with Crippen LogP contribution in [0.15, 0.2) is 35.5 Å². The Morgan fingerprint density at radius 2 is 2.03 bits per heavy atom. The van der Waals surface area contributed by atoms with Gasteiger partial charge in [-0.25, -0.2) is 12.8 Å². The lowest BCUT2D eigenvalue weighted by molar-refractivity contribution is -0.133. The zero-order chi connectivity index (χ0) is 22.1. The number of sulfonamides is 1. The van der Waals surface area contributed by atoms with Gasteiger partial charge in [0.1, 0.15) is 0 Å². The molecule has 2 N–H and O–H groups in total. The van der Waals surface area contributed by atoms with Crippen LogP contribution in [-0.2, 0) is 14.8 Å². The van der Waals surface area contributed by atoms with E-state index in [9.17, 15) is 17.6 Å². The Labute approximate surface area is 177 Å². The van der Waals surface area contributed by atoms with Gasteiger partial charge in [-0.2, -0.15) is 4.31 Å². The number of halogens is 1. The van der Waals surface area contributed by atoms with Crippen LogP contribution in [-0.4, -0.2) is 60.2 Å². The SMILES string of the molecule is CC(C)C[C@@H](N)C(=O)N1CCCN(S(=O)(=O)c2cccc3cncc(F)c23)[C@@H](C)C1. The van der Waals surface area contributed by atoms with Crippen molar-refractivity contribution in [2.24, 2.45) is 11.7 Å². The van der Waals surface area contributed by atoms with E-state index in [0.29, 0.717) is 30.7 Å². The van der Waals surface area contributed by atoms with Crippen molar-refractivity contribution in [1.82, 2.24) is 14.2 Å². The fraction of sp³-hybridized carbons (Fsp3) is 0.524. The summed E-state index contributed by atoms with van der Waals surface area (Å²) in [5.74, 6) is -0.538. The summed E-state index contributed by atoms with van der Waals surface area (Å²) in [6, 6.07) is 3.57. The van der Waals surface area contributed by atoms with Crippen LogP contribution in [0.5, 0.6) is 0 Å². The van der Waals surface area contributed by atoms with E-state index >= 15 is 0 Å². The van der Waals surface area contributed by atoms with Gasteiger partial charge in [-0.15, -0.1) is 0 Å². The fourth-order valence-corrected chi connectivity index (χ4v) is 5.93. The number of carbonyl (C=O) groups is 1. The van der Waals surface area contributed by atoms with E-state index in [4.69, 9.17) is 5.73 Å². The standard InChI is InChI=1S/C21H29FN4O3S/c1-14(2)10-18(23)21(27)25-8-5-9-26(15(3)13-25)30(28,29)19-7-4-6-16-11-24-12-17(22)20(16)19/h4,6-7,11-12,14-15,18H,5,8-10,13,23H2,1-3H3/t15-,18+/m0/s1. The molecule has 0 radical (unpaired) electrons. The van der Waals surface area contributed by atoms with Crippen LogP contribution in [0.4, 0.5) is 4.39 Å². The molecule has 2 atom stereocenters. The second-order valence-corrected chi connectivity index (χ2v) is 10.2. The number of hydrogen-bond acceptors (Lipinski definition) is 5. The Hall–Kier alpha value is -2.10. The molecule has 0 bridgehead atoms. The Bertz CT molecular complexity index is 1020. The summed E-state index contributed by atoms with van der Waals surface area (Å²) in [4.78, 5) is 18.1. The second kappa shape index (κ2) is 8.95. The van der Waals surface area contributed by atoms with Gasteiger partial charge in [0.05, 0.1) is 17.1 Å². The Balaban J connectivity index is 1.89. The van der Waals surface area contributed by atoms with Gasteiger partial charge < -0.3 is 10.6 Å². The van der Waals surface area contributed by atoms with Gasteiger partial charge in [-0.1, -0.05) is 26.0 Å². The van der Waals surface area contributed by atoms with Crippen LogP contribution in [0.1, 0.15) is 33.6 Å². The minimum Gasteiger partial charge on any atom is -0.340 e. The maximum absolute atomic E-state index is 14.5. The molecule has 2 heterocycles. The van der Waals surface area contributed by atoms with E-state index in [2.05, 4.69) is 4.98 Å². The van der Waals surface area contributed by atoms with Crippen LogP contribution in [0.2, 0.25) is 0 Å². The molecule has 9 heteroatoms. The van der Waals surface area contributed by atoms with Gasteiger partial charge in [0.2, 0.25) is 15.9 Å². The van der Waals surface area contributed by atoms with Crippen LogP contribution in [0, 0.1) is 11.7 Å². The Kier molecular flexibility index (Phi) is 6.74. The first kappa shape index (κ1) is 22.6. The van der Waals surface area contributed by atoms with Crippen molar-refractivity contribution in [3.63, 3.8) is 0 Å². The van der Waals surface area contributed by atoms with Crippen LogP contribution < -0.4 is 5.73 Å². The molecule has 1 fully saturated rings. The first-order valence-electron chi connectivity index (χ1n) is 10.2. The molecule has 1 saturated heterocycles. The number of nitrogens with two attached hydrogens (primary N) is 1. The predicted octanol–water partition coefficient (Wildman–Crippen LogP) is 2.36. The lowest BCUT2D eigenvalue weighted by Crippen LogP contribution is -2.48. The molecule has 0 spiro atoms. The average Bonchev–Trinajstić information content (AvgIpc) is 2.88. The van der Waals surface area contributed by atoms with E-state index < -0.39 is 27.9 Å². The third kappa shape index (κ3) is 4.48. The highest BCUT2D eigenvalue weighted by atomic mass is 32.2. The number of hydrogen-bond donors (Lipinski definition) is 1. The third-order valence-electron chi connectivity index (χ3n) is 5.42. The number of fused-ring (bicyclic) bond motifs is 1. The van der Waals surface area contributed by atoms with Gasteiger partial charge in [0.25, 0.3) is 0 Å². The molecule has 164 valence electrons. The van der Waals surface area contributed by atoms with E-state index in [1.54, 1.807) is 24.0 Å². The number of pyridine rings is 1. The van der Waals surface area contributed by atoms with Gasteiger partial charge in [0.15, 0.2) is 5.82 Å². The lowest BCUT2D eigenvalue weighted by Gasteiger charge is -2.30. The minimum absolute atomic E-state index is 0.0378. The highest BCUT2D eigenvalue weighted by molar-refractivity contribution is 7.89. The van der Waals surface area contributed by atoms with Crippen molar-refractivity contribution in [2.45, 2.75) is 50.6 Å². The van der Waals surface area contributed by atoms with E-state index in [1.807, 2.05) is 13.8 Å². The fourth-order valence-electron chi connectivity index (χ4n) is 4.04. The number of rotatable bonds is 5. The van der Waals surface area contributed by atoms with E-state index in [-0.39, 0.29) is 29.3 Å². The molecule has 1 aliphatic heterocycles. The summed E-state index contributed by atoms with van der Waals surface area (Å²) in [5, 5.41) is 0.464. The van der Waals surface area contributed by atoms with Crippen LogP contribution >= 0.6 is 0 Å². The lowest BCUT2D eigenvalue weighted by atomic mass is 10.0. The van der Waals surface area contributed by atoms with Crippen molar-refractivity contribution in [3.8, 4) is 0 Å². The molecule has 30 heavy (non-hydrogen) atoms. The molecule has 0 unspecified atom stereocenters. The van der Waals surface area contributed by atoms with Crippen LogP contribution in [0.25, 0.3) is 10.8 Å². The second-order valence-electron chi connectivity index (χ2n) is 8.31. The van der Waals surface area contributed by atoms with Crippen molar-refractivity contribution in [3.05, 3.63) is 36.4 Å². The Morgan fingerprint density at radius 1 is 1.30 bits per heavy atom. The van der Waals surface area contributed by atoms with Crippen molar-refractivity contribution < 1.29 is 17.6 Å². The van der Waals surface area contributed by atoms with Crippen molar-refractivity contribution in [1.29, 1.82) is 0 Å². The molecule has 2 aromatic rings. The molecule has 1 amide bonds. The number of nitrogens with zero attached hydrogens (tertiary/aromatic N) is 3. The third-order valence-corrected chi connectivity index (χ3v) is 7.48. The molecular formula is C21H29FN4O3S. The molecule has 1 aliphatic rings. The molecule has 0 aliphatic carbocycles. The number of aromatic nitrogens is 1. The monoisotopic (exact) mass is 436 g/mol. The normalized spacial score (nSPS) is 19.8. The van der Waals surface area contributed by atoms with Crippen molar-refractivity contribution >= 4 is 26.7 Å². The first-order chi connectivity index (χ1) is 14.1. The molecule has 3 rings (SSSR count). The summed E-state index contributed by atoms with van der Waals surface area (Å²) in [5.41, 5.74) is 6.07.